The van der Waals surface area contributed by atoms with Crippen molar-refractivity contribution in [2.45, 2.75) is 13.3 Å². The highest BCUT2D eigenvalue weighted by molar-refractivity contribution is 6.31. The quantitative estimate of drug-likeness (QED) is 0.685. The summed E-state index contributed by atoms with van der Waals surface area (Å²) in [5.41, 5.74) is 1.99. The molecule has 0 aromatic heterocycles. The minimum Gasteiger partial charge on any atom is -0.377 e. The predicted octanol–water partition coefficient (Wildman–Crippen LogP) is 4.33. The number of anilines is 3. The number of carbonyl (C=O) groups is 2. The van der Waals surface area contributed by atoms with Crippen molar-refractivity contribution in [3.05, 3.63) is 52.8 Å². The summed E-state index contributed by atoms with van der Waals surface area (Å²) in [5.74, 6) is -0.778. The van der Waals surface area contributed by atoms with Gasteiger partial charge in [-0.15, -0.1) is 0 Å². The third-order valence-electron chi connectivity index (χ3n) is 3.69. The van der Waals surface area contributed by atoms with Crippen molar-refractivity contribution >= 4 is 40.6 Å². The van der Waals surface area contributed by atoms with Gasteiger partial charge in [0, 0.05) is 37.7 Å². The number of hydrogen-bond acceptors (Lipinski definition) is 3. The topological polar surface area (TPSA) is 73.5 Å². The Labute approximate surface area is 162 Å². The molecule has 0 saturated heterocycles. The number of nitrogens with zero attached hydrogens (tertiary/aromatic N) is 1. The molecule has 0 atom stereocenters. The second-order valence-corrected chi connectivity index (χ2v) is 6.50. The second-order valence-electron chi connectivity index (χ2n) is 6.09. The Morgan fingerprint density at radius 3 is 2.30 bits per heavy atom. The largest absolute Gasteiger partial charge is 0.377 e. The first-order valence-electron chi connectivity index (χ1n) is 8.44. The average Bonchev–Trinajstić information content (AvgIpc) is 2.62. The second kappa shape index (κ2) is 9.23. The predicted molar refractivity (Wildman–Crippen MR) is 107 cm³/mol. The molecule has 0 spiro atoms. The molecule has 2 aromatic rings. The molecule has 3 amide bonds. The summed E-state index contributed by atoms with van der Waals surface area (Å²) in [6, 6.07) is 8.41. The minimum absolute atomic E-state index is 0.0852. The summed E-state index contributed by atoms with van der Waals surface area (Å²) < 4.78 is 13.2. The van der Waals surface area contributed by atoms with Crippen LogP contribution in [0.2, 0.25) is 5.02 Å². The Bertz CT molecular complexity index is 842. The third-order valence-corrected chi connectivity index (χ3v) is 3.98. The number of rotatable bonds is 6. The molecule has 0 aliphatic rings. The van der Waals surface area contributed by atoms with Gasteiger partial charge in [-0.3, -0.25) is 4.79 Å². The van der Waals surface area contributed by atoms with Crippen molar-refractivity contribution in [2.24, 2.45) is 0 Å². The van der Waals surface area contributed by atoms with E-state index in [0.717, 1.165) is 12.1 Å². The van der Waals surface area contributed by atoms with Gasteiger partial charge in [0.1, 0.15) is 5.82 Å². The Morgan fingerprint density at radius 2 is 1.70 bits per heavy atom. The summed E-state index contributed by atoms with van der Waals surface area (Å²) >= 11 is 5.71. The van der Waals surface area contributed by atoms with E-state index in [0.29, 0.717) is 23.5 Å². The maximum Gasteiger partial charge on any atom is 0.323 e. The van der Waals surface area contributed by atoms with Gasteiger partial charge in [0.2, 0.25) is 0 Å². The van der Waals surface area contributed by atoms with Crippen molar-refractivity contribution in [3.63, 3.8) is 0 Å². The zero-order valence-electron chi connectivity index (χ0n) is 15.4. The Balaban J connectivity index is 2.16. The number of benzene rings is 2. The minimum atomic E-state index is -0.565. The molecule has 2 aromatic carbocycles. The first-order valence-corrected chi connectivity index (χ1v) is 8.82. The fourth-order valence-corrected chi connectivity index (χ4v) is 2.57. The lowest BCUT2D eigenvalue weighted by Crippen LogP contribution is -2.27. The van der Waals surface area contributed by atoms with Crippen LogP contribution in [0.15, 0.2) is 36.4 Å². The summed E-state index contributed by atoms with van der Waals surface area (Å²) in [5, 5.41) is 7.97. The maximum absolute atomic E-state index is 13.2. The van der Waals surface area contributed by atoms with E-state index in [1.54, 1.807) is 18.2 Å². The van der Waals surface area contributed by atoms with E-state index < -0.39 is 11.8 Å². The number of hydrogen-bond donors (Lipinski definition) is 3. The van der Waals surface area contributed by atoms with Gasteiger partial charge in [0.05, 0.1) is 10.6 Å². The molecule has 0 heterocycles. The number of nitrogens with one attached hydrogen (secondary N) is 3. The van der Waals surface area contributed by atoms with Crippen LogP contribution in [0.25, 0.3) is 0 Å². The van der Waals surface area contributed by atoms with Crippen LogP contribution in [0.4, 0.5) is 26.2 Å². The summed E-state index contributed by atoms with van der Waals surface area (Å²) in [6.07, 6.45) is 0.823. The van der Waals surface area contributed by atoms with Gasteiger partial charge >= 0.3 is 6.03 Å². The van der Waals surface area contributed by atoms with Crippen molar-refractivity contribution in [1.82, 2.24) is 5.32 Å². The zero-order chi connectivity index (χ0) is 20.0. The lowest BCUT2D eigenvalue weighted by atomic mass is 10.1. The van der Waals surface area contributed by atoms with Crippen molar-refractivity contribution in [2.75, 3.05) is 36.2 Å². The number of carbonyl (C=O) groups excluding carboxylic acids is 2. The fraction of sp³-hybridized carbons (Fsp3) is 0.263. The van der Waals surface area contributed by atoms with Crippen LogP contribution in [-0.4, -0.2) is 32.6 Å². The highest BCUT2D eigenvalue weighted by atomic mass is 35.5. The summed E-state index contributed by atoms with van der Waals surface area (Å²) in [4.78, 5) is 26.4. The molecule has 0 fully saturated rings. The normalized spacial score (nSPS) is 10.3. The summed E-state index contributed by atoms with van der Waals surface area (Å²) in [7, 11) is 3.67. The van der Waals surface area contributed by atoms with E-state index in [2.05, 4.69) is 16.0 Å². The number of amides is 3. The average molecular weight is 393 g/mol. The maximum atomic E-state index is 13.2. The van der Waals surface area contributed by atoms with E-state index in [1.807, 2.05) is 25.9 Å². The molecular weight excluding hydrogens is 371 g/mol. The monoisotopic (exact) mass is 392 g/mol. The molecule has 0 bridgehead atoms. The highest BCUT2D eigenvalue weighted by Crippen LogP contribution is 2.24. The molecule has 144 valence electrons. The Hall–Kier alpha value is -2.80. The smallest absolute Gasteiger partial charge is 0.323 e. The first kappa shape index (κ1) is 20.5. The molecule has 0 aliphatic heterocycles. The van der Waals surface area contributed by atoms with Gasteiger partial charge in [-0.1, -0.05) is 18.5 Å². The first-order chi connectivity index (χ1) is 12.8. The van der Waals surface area contributed by atoms with Crippen molar-refractivity contribution in [1.29, 1.82) is 0 Å². The Kier molecular flexibility index (Phi) is 7.01. The van der Waals surface area contributed by atoms with Gasteiger partial charge in [0.25, 0.3) is 5.91 Å². The number of urea groups is 1. The van der Waals surface area contributed by atoms with Gasteiger partial charge < -0.3 is 20.9 Å². The van der Waals surface area contributed by atoms with E-state index in [4.69, 9.17) is 11.6 Å². The zero-order valence-corrected chi connectivity index (χ0v) is 16.2. The fourth-order valence-electron chi connectivity index (χ4n) is 2.39. The van der Waals surface area contributed by atoms with Crippen LogP contribution < -0.4 is 20.9 Å². The van der Waals surface area contributed by atoms with Crippen molar-refractivity contribution in [3.8, 4) is 0 Å². The van der Waals surface area contributed by atoms with Crippen LogP contribution in [0.1, 0.15) is 23.7 Å². The van der Waals surface area contributed by atoms with Crippen LogP contribution in [0.5, 0.6) is 0 Å². The van der Waals surface area contributed by atoms with E-state index in [9.17, 15) is 14.0 Å². The van der Waals surface area contributed by atoms with E-state index in [-0.39, 0.29) is 10.9 Å². The molecule has 0 radical (unpaired) electrons. The molecular formula is C19H22ClFN4O2. The van der Waals surface area contributed by atoms with Gasteiger partial charge in [-0.05, 0) is 42.8 Å². The lowest BCUT2D eigenvalue weighted by molar-refractivity contribution is 0.0954. The molecule has 6 nitrogen and oxygen atoms in total. The molecule has 0 saturated carbocycles. The highest BCUT2D eigenvalue weighted by Gasteiger charge is 2.14. The van der Waals surface area contributed by atoms with Crippen molar-refractivity contribution < 1.29 is 14.0 Å². The van der Waals surface area contributed by atoms with Crippen LogP contribution in [0.3, 0.4) is 0 Å². The Morgan fingerprint density at radius 1 is 1.07 bits per heavy atom. The molecule has 2 rings (SSSR count). The van der Waals surface area contributed by atoms with Gasteiger partial charge in [-0.2, -0.15) is 0 Å². The number of halogens is 2. The molecule has 3 N–H and O–H groups in total. The SMILES string of the molecule is CCCNC(=O)c1cc(NC(=O)Nc2ccc(F)c(Cl)c2)ccc1N(C)C. The van der Waals surface area contributed by atoms with Crippen LogP contribution >= 0.6 is 11.6 Å². The van der Waals surface area contributed by atoms with Crippen LogP contribution in [-0.2, 0) is 0 Å². The van der Waals surface area contributed by atoms with Gasteiger partial charge in [0.15, 0.2) is 0 Å². The van der Waals surface area contributed by atoms with E-state index in [1.165, 1.54) is 18.2 Å². The van der Waals surface area contributed by atoms with Gasteiger partial charge in [-0.25, -0.2) is 9.18 Å². The molecule has 0 unspecified atom stereocenters. The lowest BCUT2D eigenvalue weighted by Gasteiger charge is -2.18. The third kappa shape index (κ3) is 5.59. The van der Waals surface area contributed by atoms with E-state index >= 15 is 0 Å². The molecule has 27 heavy (non-hydrogen) atoms. The standard InChI is InChI=1S/C19H22ClFN4O2/c1-4-9-22-18(26)14-10-12(6-8-17(14)25(2)3)23-19(27)24-13-5-7-16(21)15(20)11-13/h5-8,10-11H,4,9H2,1-3H3,(H,22,26)(H2,23,24,27). The molecule has 8 heteroatoms. The summed E-state index contributed by atoms with van der Waals surface area (Å²) in [6.45, 7) is 2.53. The van der Waals surface area contributed by atoms with Crippen LogP contribution in [0, 0.1) is 5.82 Å². The molecule has 0 aliphatic carbocycles.